The summed E-state index contributed by atoms with van der Waals surface area (Å²) >= 11 is 0. The summed E-state index contributed by atoms with van der Waals surface area (Å²) in [6.45, 7) is 10.3. The highest BCUT2D eigenvalue weighted by molar-refractivity contribution is 4.97. The van der Waals surface area contributed by atoms with Crippen LogP contribution in [0.2, 0.25) is 0 Å². The minimum atomic E-state index is -0.355. The molecule has 0 bridgehead atoms. The zero-order valence-corrected chi connectivity index (χ0v) is 11.4. The zero-order chi connectivity index (χ0) is 12.6. The summed E-state index contributed by atoms with van der Waals surface area (Å²) in [5.74, 6) is 0.181. The van der Waals surface area contributed by atoms with Crippen LogP contribution in [0.15, 0.2) is 0 Å². The van der Waals surface area contributed by atoms with E-state index in [1.165, 1.54) is 0 Å². The average Bonchev–Trinajstić information content (AvgIpc) is 2.34. The lowest BCUT2D eigenvalue weighted by atomic mass is 9.81. The summed E-state index contributed by atoms with van der Waals surface area (Å²) in [6, 6.07) is 0. The molecule has 1 rings (SSSR count). The molecule has 1 N–H and O–H groups in total. The molecule has 16 heavy (non-hydrogen) atoms. The van der Waals surface area contributed by atoms with Gasteiger partial charge in [-0.25, -0.2) is 0 Å². The number of aliphatic hydroxyl groups is 1. The Morgan fingerprint density at radius 3 is 2.31 bits per heavy atom. The van der Waals surface area contributed by atoms with E-state index >= 15 is 0 Å². The molecule has 1 aliphatic heterocycles. The summed E-state index contributed by atoms with van der Waals surface area (Å²) in [4.78, 5) is 0. The van der Waals surface area contributed by atoms with E-state index in [0.717, 1.165) is 6.42 Å². The summed E-state index contributed by atoms with van der Waals surface area (Å²) in [7, 11) is 1.68. The molecule has 1 fully saturated rings. The maximum atomic E-state index is 10.3. The van der Waals surface area contributed by atoms with Crippen LogP contribution >= 0.6 is 0 Å². The first-order valence-electron chi connectivity index (χ1n) is 6.09. The van der Waals surface area contributed by atoms with Gasteiger partial charge in [-0.3, -0.25) is 0 Å². The van der Waals surface area contributed by atoms with E-state index in [2.05, 4.69) is 27.7 Å². The molecule has 0 amide bonds. The summed E-state index contributed by atoms with van der Waals surface area (Å²) < 4.78 is 11.2. The molecular formula is C13H26O3. The Bertz CT molecular complexity index is 235. The maximum Gasteiger partial charge on any atom is 0.0687 e. The van der Waals surface area contributed by atoms with Crippen molar-refractivity contribution in [1.29, 1.82) is 0 Å². The fraction of sp³-hybridized carbons (Fsp3) is 1.00. The minimum Gasteiger partial charge on any atom is -0.393 e. The summed E-state index contributed by atoms with van der Waals surface area (Å²) in [6.07, 6.45) is 1.31. The van der Waals surface area contributed by atoms with Gasteiger partial charge in [-0.15, -0.1) is 0 Å². The molecule has 1 saturated heterocycles. The number of methoxy groups -OCH3 is 1. The molecule has 1 aliphatic rings. The molecule has 3 nitrogen and oxygen atoms in total. The predicted octanol–water partition coefficient (Wildman–Crippen LogP) is 2.37. The van der Waals surface area contributed by atoms with Crippen LogP contribution in [0.4, 0.5) is 0 Å². The number of aliphatic hydroxyl groups excluding tert-OH is 1. The Hall–Kier alpha value is -0.120. The Balaban J connectivity index is 2.65. The van der Waals surface area contributed by atoms with Gasteiger partial charge in [-0.1, -0.05) is 0 Å². The standard InChI is InChI=1S/C13H26O3/c1-9(15-6)7-11(14)10-8-12(2,3)16-13(10,4)5/h9-11,14H,7-8H2,1-6H3. The van der Waals surface area contributed by atoms with Crippen LogP contribution < -0.4 is 0 Å². The molecule has 1 heterocycles. The third-order valence-electron chi connectivity index (χ3n) is 3.58. The fourth-order valence-electron chi connectivity index (χ4n) is 2.80. The largest absolute Gasteiger partial charge is 0.393 e. The highest BCUT2D eigenvalue weighted by atomic mass is 16.5. The van der Waals surface area contributed by atoms with Crippen molar-refractivity contribution in [2.24, 2.45) is 5.92 Å². The fourth-order valence-corrected chi connectivity index (χ4v) is 2.80. The van der Waals surface area contributed by atoms with Crippen LogP contribution in [-0.2, 0) is 9.47 Å². The monoisotopic (exact) mass is 230 g/mol. The van der Waals surface area contributed by atoms with Crippen LogP contribution in [0, 0.1) is 5.92 Å². The van der Waals surface area contributed by atoms with E-state index in [1.54, 1.807) is 7.11 Å². The van der Waals surface area contributed by atoms with E-state index in [9.17, 15) is 5.11 Å². The molecule has 0 saturated carbocycles. The van der Waals surface area contributed by atoms with Crippen molar-refractivity contribution in [3.8, 4) is 0 Å². The predicted molar refractivity (Wildman–Crippen MR) is 64.4 cm³/mol. The first-order valence-corrected chi connectivity index (χ1v) is 6.09. The lowest BCUT2D eigenvalue weighted by Gasteiger charge is -2.31. The van der Waals surface area contributed by atoms with Gasteiger partial charge in [0.05, 0.1) is 23.4 Å². The van der Waals surface area contributed by atoms with Gasteiger partial charge in [-0.2, -0.15) is 0 Å². The van der Waals surface area contributed by atoms with Gasteiger partial charge >= 0.3 is 0 Å². The molecule has 0 aromatic heterocycles. The second-order valence-corrected chi connectivity index (χ2v) is 6.13. The first kappa shape index (κ1) is 13.9. The van der Waals surface area contributed by atoms with E-state index in [4.69, 9.17) is 9.47 Å². The van der Waals surface area contributed by atoms with Crippen molar-refractivity contribution in [1.82, 2.24) is 0 Å². The molecule has 3 heteroatoms. The van der Waals surface area contributed by atoms with Crippen LogP contribution in [0.1, 0.15) is 47.5 Å². The third-order valence-corrected chi connectivity index (χ3v) is 3.58. The third kappa shape index (κ3) is 3.19. The van der Waals surface area contributed by atoms with E-state index in [1.807, 2.05) is 6.92 Å². The van der Waals surface area contributed by atoms with Crippen LogP contribution in [0.3, 0.4) is 0 Å². The lowest BCUT2D eigenvalue weighted by Crippen LogP contribution is -2.37. The second kappa shape index (κ2) is 4.63. The molecule has 0 aromatic rings. The van der Waals surface area contributed by atoms with Crippen LogP contribution in [-0.4, -0.2) is 35.6 Å². The lowest BCUT2D eigenvalue weighted by molar-refractivity contribution is -0.0914. The zero-order valence-electron chi connectivity index (χ0n) is 11.4. The number of ether oxygens (including phenoxy) is 2. The first-order chi connectivity index (χ1) is 7.18. The quantitative estimate of drug-likeness (QED) is 0.806. The Morgan fingerprint density at radius 1 is 1.38 bits per heavy atom. The van der Waals surface area contributed by atoms with Crippen molar-refractivity contribution in [2.75, 3.05) is 7.11 Å². The Kier molecular flexibility index (Phi) is 4.04. The molecule has 0 radical (unpaired) electrons. The highest BCUT2D eigenvalue weighted by Crippen LogP contribution is 2.44. The van der Waals surface area contributed by atoms with Gasteiger partial charge in [0, 0.05) is 13.0 Å². The normalized spacial score (nSPS) is 31.3. The van der Waals surface area contributed by atoms with Crippen molar-refractivity contribution < 1.29 is 14.6 Å². The number of hydrogen-bond acceptors (Lipinski definition) is 3. The molecule has 0 spiro atoms. The Morgan fingerprint density at radius 2 is 1.94 bits per heavy atom. The summed E-state index contributed by atoms with van der Waals surface area (Å²) in [5, 5.41) is 10.3. The second-order valence-electron chi connectivity index (χ2n) is 6.13. The Labute approximate surface area is 99.1 Å². The van der Waals surface area contributed by atoms with Gasteiger partial charge in [0.1, 0.15) is 0 Å². The van der Waals surface area contributed by atoms with Crippen molar-refractivity contribution in [2.45, 2.75) is 70.9 Å². The molecular weight excluding hydrogens is 204 g/mol. The molecule has 3 atom stereocenters. The van der Waals surface area contributed by atoms with E-state index in [-0.39, 0.29) is 29.3 Å². The van der Waals surface area contributed by atoms with E-state index in [0.29, 0.717) is 6.42 Å². The SMILES string of the molecule is COC(C)CC(O)C1CC(C)(C)OC1(C)C. The van der Waals surface area contributed by atoms with Gasteiger partial charge in [-0.05, 0) is 47.5 Å². The maximum absolute atomic E-state index is 10.3. The smallest absolute Gasteiger partial charge is 0.0687 e. The van der Waals surface area contributed by atoms with Crippen molar-refractivity contribution in [3.05, 3.63) is 0 Å². The van der Waals surface area contributed by atoms with Crippen LogP contribution in [0.25, 0.3) is 0 Å². The number of hydrogen-bond donors (Lipinski definition) is 1. The van der Waals surface area contributed by atoms with Gasteiger partial charge < -0.3 is 14.6 Å². The van der Waals surface area contributed by atoms with Gasteiger partial charge in [0.2, 0.25) is 0 Å². The molecule has 96 valence electrons. The highest BCUT2D eigenvalue weighted by Gasteiger charge is 2.48. The van der Waals surface area contributed by atoms with Crippen molar-refractivity contribution in [3.63, 3.8) is 0 Å². The topological polar surface area (TPSA) is 38.7 Å². The molecule has 0 aliphatic carbocycles. The summed E-state index contributed by atoms with van der Waals surface area (Å²) in [5.41, 5.74) is -0.387. The van der Waals surface area contributed by atoms with Crippen LogP contribution in [0.5, 0.6) is 0 Å². The molecule has 0 aromatic carbocycles. The van der Waals surface area contributed by atoms with Gasteiger partial charge in [0.25, 0.3) is 0 Å². The average molecular weight is 230 g/mol. The minimum absolute atomic E-state index is 0.0921. The van der Waals surface area contributed by atoms with E-state index < -0.39 is 0 Å². The number of rotatable bonds is 4. The van der Waals surface area contributed by atoms with Crippen molar-refractivity contribution >= 4 is 0 Å². The molecule has 3 unspecified atom stereocenters. The van der Waals surface area contributed by atoms with Gasteiger partial charge in [0.15, 0.2) is 0 Å².